The van der Waals surface area contributed by atoms with E-state index in [0.29, 0.717) is 12.2 Å². The molecule has 0 aromatic heterocycles. The summed E-state index contributed by atoms with van der Waals surface area (Å²) in [5, 5.41) is 0. The van der Waals surface area contributed by atoms with Gasteiger partial charge in [-0.15, -0.1) is 0 Å². The van der Waals surface area contributed by atoms with Crippen LogP contribution >= 0.6 is 0 Å². The molecule has 0 radical (unpaired) electrons. The van der Waals surface area contributed by atoms with E-state index in [0.717, 1.165) is 12.8 Å². The molecule has 2 rings (SSSR count). The molecular weight excluding hydrogens is 168 g/mol. The van der Waals surface area contributed by atoms with Crippen LogP contribution in [0.5, 0.6) is 0 Å². The third-order valence-corrected chi connectivity index (χ3v) is 2.26. The first-order chi connectivity index (χ1) is 6.27. The molecule has 2 aliphatic rings. The van der Waals surface area contributed by atoms with Crippen molar-refractivity contribution in [3.8, 4) is 0 Å². The Bertz CT molecular complexity index is 306. The molecular formula is C10H10O3. The lowest BCUT2D eigenvalue weighted by Gasteiger charge is -2.12. The second kappa shape index (κ2) is 3.26. The molecule has 0 bridgehead atoms. The van der Waals surface area contributed by atoms with Crippen LogP contribution in [-0.4, -0.2) is 24.3 Å². The lowest BCUT2D eigenvalue weighted by atomic mass is 9.97. The van der Waals surface area contributed by atoms with E-state index in [4.69, 9.17) is 4.74 Å². The molecule has 1 unspecified atom stereocenters. The van der Waals surface area contributed by atoms with Crippen molar-refractivity contribution in [3.05, 3.63) is 23.8 Å². The fourth-order valence-electron chi connectivity index (χ4n) is 1.60. The van der Waals surface area contributed by atoms with Crippen LogP contribution < -0.4 is 0 Å². The molecule has 3 nitrogen and oxygen atoms in total. The minimum absolute atomic E-state index is 0.0912. The Morgan fingerprint density at radius 3 is 2.85 bits per heavy atom. The number of ketones is 2. The van der Waals surface area contributed by atoms with Crippen LogP contribution in [0, 0.1) is 0 Å². The van der Waals surface area contributed by atoms with Gasteiger partial charge in [-0.05, 0) is 31.1 Å². The SMILES string of the molecule is O=C1C=CC(=O)C(C2CCCO2)=C1. The van der Waals surface area contributed by atoms with Gasteiger partial charge < -0.3 is 4.74 Å². The summed E-state index contributed by atoms with van der Waals surface area (Å²) in [5.74, 6) is -0.211. The van der Waals surface area contributed by atoms with Crippen molar-refractivity contribution >= 4 is 11.6 Å². The predicted molar refractivity (Wildman–Crippen MR) is 46.2 cm³/mol. The topological polar surface area (TPSA) is 43.4 Å². The molecule has 68 valence electrons. The van der Waals surface area contributed by atoms with Crippen LogP contribution in [0.15, 0.2) is 23.8 Å². The van der Waals surface area contributed by atoms with Gasteiger partial charge in [-0.25, -0.2) is 0 Å². The zero-order valence-electron chi connectivity index (χ0n) is 7.16. The van der Waals surface area contributed by atoms with E-state index in [1.54, 1.807) is 0 Å². The maximum absolute atomic E-state index is 11.3. The standard InChI is InChI=1S/C10H10O3/c11-7-3-4-9(12)8(6-7)10-2-1-5-13-10/h3-4,6,10H,1-2,5H2. The summed E-state index contributed by atoms with van der Waals surface area (Å²) in [4.78, 5) is 22.3. The Kier molecular flexibility index (Phi) is 2.10. The largest absolute Gasteiger partial charge is 0.373 e. The molecule has 0 amide bonds. The van der Waals surface area contributed by atoms with Crippen LogP contribution in [0.2, 0.25) is 0 Å². The first-order valence-electron chi connectivity index (χ1n) is 4.37. The molecule has 3 heteroatoms. The Morgan fingerprint density at radius 1 is 1.31 bits per heavy atom. The van der Waals surface area contributed by atoms with Gasteiger partial charge in [-0.2, -0.15) is 0 Å². The van der Waals surface area contributed by atoms with Gasteiger partial charge in [-0.1, -0.05) is 0 Å². The highest BCUT2D eigenvalue weighted by atomic mass is 16.5. The summed E-state index contributed by atoms with van der Waals surface area (Å²) >= 11 is 0. The maximum atomic E-state index is 11.3. The molecule has 0 aromatic carbocycles. The van der Waals surface area contributed by atoms with Crippen molar-refractivity contribution in [2.24, 2.45) is 0 Å². The number of carbonyl (C=O) groups is 2. The quantitative estimate of drug-likeness (QED) is 0.558. The number of hydrogen-bond acceptors (Lipinski definition) is 3. The van der Waals surface area contributed by atoms with E-state index in [-0.39, 0.29) is 17.7 Å². The van der Waals surface area contributed by atoms with Gasteiger partial charge in [0.1, 0.15) is 0 Å². The number of hydrogen-bond donors (Lipinski definition) is 0. The number of allylic oxidation sites excluding steroid dienone is 3. The Hall–Kier alpha value is -1.22. The zero-order chi connectivity index (χ0) is 9.26. The van der Waals surface area contributed by atoms with Crippen molar-refractivity contribution in [3.63, 3.8) is 0 Å². The minimum atomic E-state index is -0.151. The molecule has 0 spiro atoms. The lowest BCUT2D eigenvalue weighted by molar-refractivity contribution is -0.115. The molecule has 1 heterocycles. The van der Waals surface area contributed by atoms with Gasteiger partial charge in [0, 0.05) is 12.2 Å². The summed E-state index contributed by atoms with van der Waals surface area (Å²) in [6, 6.07) is 0. The molecule has 0 saturated carbocycles. The predicted octanol–water partition coefficient (Wildman–Crippen LogP) is 0.800. The van der Waals surface area contributed by atoms with E-state index < -0.39 is 0 Å². The second-order valence-electron chi connectivity index (χ2n) is 3.20. The van der Waals surface area contributed by atoms with E-state index in [9.17, 15) is 9.59 Å². The van der Waals surface area contributed by atoms with Crippen molar-refractivity contribution in [2.45, 2.75) is 18.9 Å². The molecule has 13 heavy (non-hydrogen) atoms. The van der Waals surface area contributed by atoms with E-state index in [1.807, 2.05) is 0 Å². The molecule has 1 atom stereocenters. The number of ether oxygens (including phenoxy) is 1. The van der Waals surface area contributed by atoms with Gasteiger partial charge >= 0.3 is 0 Å². The molecule has 1 aliphatic heterocycles. The van der Waals surface area contributed by atoms with E-state index in [1.165, 1.54) is 18.2 Å². The minimum Gasteiger partial charge on any atom is -0.373 e. The van der Waals surface area contributed by atoms with Crippen LogP contribution in [0.1, 0.15) is 12.8 Å². The summed E-state index contributed by atoms with van der Waals surface area (Å²) in [7, 11) is 0. The number of rotatable bonds is 1. The fourth-order valence-corrected chi connectivity index (χ4v) is 1.60. The molecule has 0 N–H and O–H groups in total. The molecule has 1 saturated heterocycles. The van der Waals surface area contributed by atoms with Crippen molar-refractivity contribution < 1.29 is 14.3 Å². The fraction of sp³-hybridized carbons (Fsp3) is 0.400. The zero-order valence-corrected chi connectivity index (χ0v) is 7.16. The van der Waals surface area contributed by atoms with E-state index >= 15 is 0 Å². The first kappa shape index (κ1) is 8.38. The molecule has 1 fully saturated rings. The third-order valence-electron chi connectivity index (χ3n) is 2.26. The number of carbonyl (C=O) groups excluding carboxylic acids is 2. The highest BCUT2D eigenvalue weighted by Crippen LogP contribution is 2.22. The van der Waals surface area contributed by atoms with Gasteiger partial charge in [0.15, 0.2) is 11.6 Å². The highest BCUT2D eigenvalue weighted by Gasteiger charge is 2.26. The molecule has 1 aliphatic carbocycles. The lowest BCUT2D eigenvalue weighted by Crippen LogP contribution is -2.19. The Morgan fingerprint density at radius 2 is 2.15 bits per heavy atom. The average Bonchev–Trinajstić information content (AvgIpc) is 2.61. The Labute approximate surface area is 76.1 Å². The van der Waals surface area contributed by atoms with Crippen LogP contribution in [0.3, 0.4) is 0 Å². The van der Waals surface area contributed by atoms with Gasteiger partial charge in [-0.3, -0.25) is 9.59 Å². The van der Waals surface area contributed by atoms with Crippen molar-refractivity contribution in [1.82, 2.24) is 0 Å². The highest BCUT2D eigenvalue weighted by molar-refractivity contribution is 6.17. The smallest absolute Gasteiger partial charge is 0.184 e. The second-order valence-corrected chi connectivity index (χ2v) is 3.20. The maximum Gasteiger partial charge on any atom is 0.184 e. The normalized spacial score (nSPS) is 28.0. The Balaban J connectivity index is 2.21. The van der Waals surface area contributed by atoms with Gasteiger partial charge in [0.05, 0.1) is 6.10 Å². The van der Waals surface area contributed by atoms with Crippen LogP contribution in [0.25, 0.3) is 0 Å². The summed E-state index contributed by atoms with van der Waals surface area (Å²) < 4.78 is 5.34. The van der Waals surface area contributed by atoms with Crippen molar-refractivity contribution in [1.29, 1.82) is 0 Å². The summed E-state index contributed by atoms with van der Waals surface area (Å²) in [6.45, 7) is 0.688. The van der Waals surface area contributed by atoms with Gasteiger partial charge in [0.25, 0.3) is 0 Å². The average molecular weight is 178 g/mol. The van der Waals surface area contributed by atoms with Crippen molar-refractivity contribution in [2.75, 3.05) is 6.61 Å². The first-order valence-corrected chi connectivity index (χ1v) is 4.37. The van der Waals surface area contributed by atoms with Crippen LogP contribution in [-0.2, 0) is 14.3 Å². The van der Waals surface area contributed by atoms with E-state index in [2.05, 4.69) is 0 Å². The monoisotopic (exact) mass is 178 g/mol. The third kappa shape index (κ3) is 1.60. The summed E-state index contributed by atoms with van der Waals surface area (Å²) in [5.41, 5.74) is 0.519. The summed E-state index contributed by atoms with van der Waals surface area (Å²) in [6.07, 6.45) is 5.66. The van der Waals surface area contributed by atoms with Crippen LogP contribution in [0.4, 0.5) is 0 Å². The molecule has 0 aromatic rings. The van der Waals surface area contributed by atoms with Gasteiger partial charge in [0.2, 0.25) is 0 Å².